The van der Waals surface area contributed by atoms with Gasteiger partial charge in [-0.2, -0.15) is 20.4 Å². The summed E-state index contributed by atoms with van der Waals surface area (Å²) in [5.41, 5.74) is 22.1. The number of H-pyrrole nitrogens is 2. The summed E-state index contributed by atoms with van der Waals surface area (Å²) in [6.07, 6.45) is 30.0. The number of furan rings is 1. The van der Waals surface area contributed by atoms with Crippen LogP contribution in [0, 0.1) is 0 Å². The van der Waals surface area contributed by atoms with Gasteiger partial charge in [-0.05, 0) is 241 Å². The molecule has 0 radical (unpaired) electrons. The van der Waals surface area contributed by atoms with Gasteiger partial charge in [-0.25, -0.2) is 19.3 Å². The molecule has 0 unspecified atom stereocenters. The van der Waals surface area contributed by atoms with Crippen molar-refractivity contribution >= 4 is 65.6 Å². The number of nitrogens with one attached hydrogen (secondary N) is 2. The molecule has 2 N–H and O–H groups in total. The van der Waals surface area contributed by atoms with Crippen LogP contribution >= 0.6 is 0 Å². The third-order valence-electron chi connectivity index (χ3n) is 21.9. The van der Waals surface area contributed by atoms with E-state index in [1.165, 1.54) is 111 Å². The summed E-state index contributed by atoms with van der Waals surface area (Å²) in [5, 5.41) is 27.6. The van der Waals surface area contributed by atoms with E-state index in [1.807, 2.05) is 137 Å². The maximum atomic E-state index is 12.0. The van der Waals surface area contributed by atoms with Crippen molar-refractivity contribution in [2.75, 3.05) is 0 Å². The Morgan fingerprint density at radius 3 is 1.69 bits per heavy atom. The molecule has 120 heavy (non-hydrogen) atoms. The molecule has 3 aliphatic rings. The molecule has 19 nitrogen and oxygen atoms in total. The van der Waals surface area contributed by atoms with Crippen LogP contribution in [0.25, 0.3) is 65.6 Å². The number of aromatic amines is 2. The van der Waals surface area contributed by atoms with Gasteiger partial charge in [-0.15, -0.1) is 0 Å². The number of hydrogen-bond acceptors (Lipinski definition) is 13. The summed E-state index contributed by atoms with van der Waals surface area (Å²) in [4.78, 5) is 56.7. The number of fused-ring (bicyclic) bond motifs is 9. The molecule has 0 spiro atoms. The van der Waals surface area contributed by atoms with Crippen LogP contribution in [-0.4, -0.2) is 73.7 Å². The predicted molar refractivity (Wildman–Crippen MR) is 495 cm³/mol. The maximum Gasteiger partial charge on any atom is 0.274 e. The molecule has 13 aromatic heterocycles. The summed E-state index contributed by atoms with van der Waals surface area (Å²) >= 11 is 0. The molecule has 0 bridgehead atoms. The highest BCUT2D eigenvalue weighted by atomic mass is 16.3. The number of pyridine rings is 6. The largest absolute Gasteiger partial charge is 0.459 e. The van der Waals surface area contributed by atoms with Crippen molar-refractivity contribution in [2.45, 2.75) is 249 Å². The molecule has 0 atom stereocenters. The van der Waals surface area contributed by atoms with Gasteiger partial charge in [0.25, 0.3) is 16.7 Å². The predicted octanol–water partition coefficient (Wildman–Crippen LogP) is 23.9. The first kappa shape index (κ1) is 90.5. The molecule has 0 saturated heterocycles. The second-order valence-corrected chi connectivity index (χ2v) is 33.9. The van der Waals surface area contributed by atoms with Gasteiger partial charge in [0.15, 0.2) is 5.58 Å². The van der Waals surface area contributed by atoms with Crippen molar-refractivity contribution in [1.82, 2.24) is 73.7 Å². The Labute approximate surface area is 707 Å². The first-order valence-electron chi connectivity index (χ1n) is 42.7. The van der Waals surface area contributed by atoms with Crippen LogP contribution in [0.15, 0.2) is 226 Å². The lowest BCUT2D eigenvalue weighted by atomic mass is 9.88. The highest BCUT2D eigenvalue weighted by molar-refractivity contribution is 5.85. The van der Waals surface area contributed by atoms with Crippen LogP contribution in [0.3, 0.4) is 0 Å². The zero-order valence-corrected chi connectivity index (χ0v) is 73.2. The smallest absolute Gasteiger partial charge is 0.274 e. The molecule has 19 rings (SSSR count). The minimum atomic E-state index is -0.120. The van der Waals surface area contributed by atoms with Gasteiger partial charge in [-0.1, -0.05) is 175 Å². The lowest BCUT2D eigenvalue weighted by molar-refractivity contribution is 0.521. The number of aryl methyl sites for hydroxylation is 3. The average Bonchev–Trinajstić information content (AvgIpc) is 1.59. The minimum Gasteiger partial charge on any atom is -0.459 e. The fourth-order valence-electron chi connectivity index (χ4n) is 15.2. The van der Waals surface area contributed by atoms with Crippen LogP contribution in [0.5, 0.6) is 0 Å². The van der Waals surface area contributed by atoms with Crippen molar-refractivity contribution in [1.29, 1.82) is 0 Å². The first-order chi connectivity index (χ1) is 57.2. The third-order valence-corrected chi connectivity index (χ3v) is 21.9. The molecule has 0 amide bonds. The molecule has 0 aliphatic heterocycles. The zero-order chi connectivity index (χ0) is 85.1. The Morgan fingerprint density at radius 2 is 1.07 bits per heavy atom. The molecule has 16 aromatic rings. The average molecular weight is 1610 g/mol. The van der Waals surface area contributed by atoms with Crippen LogP contribution in [-0.2, 0) is 32.7 Å². The monoisotopic (exact) mass is 1610 g/mol. The Balaban J connectivity index is 0.000000142. The molecule has 19 heteroatoms. The van der Waals surface area contributed by atoms with Crippen LogP contribution in [0.2, 0.25) is 0 Å². The molecular formula is C101H125N15O4. The molecular weight excluding hydrogens is 1490 g/mol. The topological polar surface area (TPSA) is 231 Å². The van der Waals surface area contributed by atoms with Gasteiger partial charge in [-0.3, -0.25) is 39.4 Å². The Kier molecular flexibility index (Phi) is 31.8. The standard InChI is InChI=1S/C14H16N2O.C12H14N2O.C12H17N.C11H12N2O.C11H15N.3C10H12N2.C10H11NO.CH4/c1-9(2)11-7-8-15-12-5-6-13(17)16(14(11)12)10-3-4-10;1-8(2)11-9-6-4-5-7-10(9)12(15)14(3)13-11;1-9(2)10-7-8-13-12-6-4-3-5-11(10)12;1-7(2)10-8-5-3-4-6-9(8)11(14)13-12-10;1-8(2)9-6-7-12-11-5-3-4-10(9)11;1-8(2)9-4-6-12-10(7-9)3-5-11-12;1-7(2)8-3-4-10-9(5-8)6-11-12-10;1-8(2)9-5-6-11-10-4-3-7-12(9)10;1-7(2)9-5-8-3-4-11-6-10(8)12-9;/h5-10H,3-4H2,1-2H3;4-8H,1-3H3;7-9H,3-6H2,1-2H3;3-7H,1-2H3,(H,13,14);6-8H,3-5H2,1-2H3;3-8H,1-2H3;3-7H,1-2H3,(H,11,12);3-8H,1-2H3;3-7H,1-2H3;1H4. The fraction of sp³-hybridized carbons (Fsp3) is 0.386. The molecule has 1 fully saturated rings. The lowest BCUT2D eigenvalue weighted by Gasteiger charge is -2.19. The summed E-state index contributed by atoms with van der Waals surface area (Å²) in [6, 6.07) is 48.3. The highest BCUT2D eigenvalue weighted by Crippen LogP contribution is 2.38. The summed E-state index contributed by atoms with van der Waals surface area (Å²) in [6.45, 7) is 39.1. The summed E-state index contributed by atoms with van der Waals surface area (Å²) in [7, 11) is 1.70. The van der Waals surface area contributed by atoms with Gasteiger partial charge in [0.2, 0.25) is 0 Å². The second kappa shape index (κ2) is 42.2. The number of benzene rings is 3. The van der Waals surface area contributed by atoms with E-state index in [-0.39, 0.29) is 24.1 Å². The normalized spacial score (nSPS) is 12.7. The Bertz CT molecular complexity index is 6080. The molecule has 3 aliphatic carbocycles. The Hall–Kier alpha value is -11.9. The van der Waals surface area contributed by atoms with Gasteiger partial charge in [0.05, 0.1) is 56.6 Å². The SMILES string of the molecule is C.CC(C)c1cc2ccncc2o1.CC(C)c1ccc2[nH]ncc2c1.CC(C)c1ccn2nccc2c1.CC(C)c1ccnc2c1CCC2.CC(C)c1ccnc2c1CCCC2.CC(C)c1ccnc2ccc(=O)n(C3CC3)c12.CC(C)c1ccnc2cccn12.CC(C)c1n[nH]c(=O)c2ccccc12.CC(C)c1nn(C)c(=O)c2ccccc12. The fourth-order valence-corrected chi connectivity index (χ4v) is 15.2. The maximum absolute atomic E-state index is 12.0. The van der Waals surface area contributed by atoms with Crippen molar-refractivity contribution in [2.24, 2.45) is 7.05 Å². The minimum absolute atomic E-state index is 0. The number of aromatic nitrogens is 15. The quantitative estimate of drug-likeness (QED) is 0.130. The summed E-state index contributed by atoms with van der Waals surface area (Å²) in [5.74, 6) is 5.54. The van der Waals surface area contributed by atoms with Gasteiger partial charge < -0.3 is 13.4 Å². The second-order valence-electron chi connectivity index (χ2n) is 33.9. The van der Waals surface area contributed by atoms with Crippen molar-refractivity contribution in [3.8, 4) is 0 Å². The van der Waals surface area contributed by atoms with E-state index in [4.69, 9.17) is 4.42 Å². The first-order valence-corrected chi connectivity index (χ1v) is 42.7. The van der Waals surface area contributed by atoms with E-state index in [0.717, 1.165) is 79.3 Å². The highest BCUT2D eigenvalue weighted by Gasteiger charge is 2.28. The van der Waals surface area contributed by atoms with Crippen LogP contribution < -0.4 is 16.7 Å². The van der Waals surface area contributed by atoms with Crippen LogP contribution in [0.4, 0.5) is 0 Å². The molecule has 13 heterocycles. The van der Waals surface area contributed by atoms with E-state index < -0.39 is 0 Å². The summed E-state index contributed by atoms with van der Waals surface area (Å²) < 4.78 is 12.9. The van der Waals surface area contributed by atoms with E-state index in [1.54, 1.807) is 31.1 Å². The van der Waals surface area contributed by atoms with Crippen molar-refractivity contribution in [3.05, 3.63) is 312 Å². The molecule has 628 valence electrons. The van der Waals surface area contributed by atoms with Gasteiger partial charge in [0.1, 0.15) is 11.4 Å². The zero-order valence-electron chi connectivity index (χ0n) is 73.2. The lowest BCUT2D eigenvalue weighted by Crippen LogP contribution is -2.21. The Morgan fingerprint density at radius 1 is 0.467 bits per heavy atom. The van der Waals surface area contributed by atoms with Crippen LogP contribution in [0.1, 0.15) is 297 Å². The van der Waals surface area contributed by atoms with E-state index in [9.17, 15) is 14.4 Å². The van der Waals surface area contributed by atoms with E-state index in [0.29, 0.717) is 64.7 Å². The van der Waals surface area contributed by atoms with Gasteiger partial charge >= 0.3 is 0 Å². The van der Waals surface area contributed by atoms with Crippen molar-refractivity contribution in [3.63, 3.8) is 0 Å². The number of nitrogens with zero attached hydrogens (tertiary/aromatic N) is 13. The van der Waals surface area contributed by atoms with E-state index >= 15 is 0 Å². The van der Waals surface area contributed by atoms with Gasteiger partial charge in [0, 0.05) is 113 Å². The third kappa shape index (κ3) is 22.7. The van der Waals surface area contributed by atoms with Crippen molar-refractivity contribution < 1.29 is 4.42 Å². The van der Waals surface area contributed by atoms with E-state index in [2.05, 4.69) is 245 Å². The molecule has 1 saturated carbocycles. The molecule has 3 aromatic carbocycles. The number of hydrogen-bond donors (Lipinski definition) is 2. The number of rotatable bonds is 10.